The normalized spacial score (nSPS) is 18.4. The van der Waals surface area contributed by atoms with E-state index >= 15 is 0 Å². The highest BCUT2D eigenvalue weighted by Gasteiger charge is 2.21. The van der Waals surface area contributed by atoms with Crippen LogP contribution in [0.3, 0.4) is 0 Å². The molecule has 68 valence electrons. The van der Waals surface area contributed by atoms with Crippen molar-refractivity contribution in [3.8, 4) is 0 Å². The SMILES string of the molecule is CC1(C)C=Cc2cc(Br)cnc2C1. The third-order valence-corrected chi connectivity index (χ3v) is 2.74. The molecule has 0 aliphatic heterocycles. The van der Waals surface area contributed by atoms with Crippen LogP contribution in [0.1, 0.15) is 25.1 Å². The molecule has 0 radical (unpaired) electrons. The number of aromatic nitrogens is 1. The highest BCUT2D eigenvalue weighted by molar-refractivity contribution is 9.10. The average Bonchev–Trinajstić information content (AvgIpc) is 2.05. The van der Waals surface area contributed by atoms with E-state index in [0.717, 1.165) is 10.9 Å². The second-order valence-corrected chi connectivity index (χ2v) is 5.10. The summed E-state index contributed by atoms with van der Waals surface area (Å²) in [4.78, 5) is 4.42. The molecule has 0 spiro atoms. The maximum Gasteiger partial charge on any atom is 0.0485 e. The largest absolute Gasteiger partial charge is 0.259 e. The van der Waals surface area contributed by atoms with Gasteiger partial charge in [-0.25, -0.2) is 0 Å². The summed E-state index contributed by atoms with van der Waals surface area (Å²) in [5, 5.41) is 0. The predicted octanol–water partition coefficient (Wildman–Crippen LogP) is 3.44. The lowest BCUT2D eigenvalue weighted by Crippen LogP contribution is -2.16. The molecule has 1 aromatic rings. The monoisotopic (exact) mass is 237 g/mol. The van der Waals surface area contributed by atoms with Crippen molar-refractivity contribution in [2.24, 2.45) is 5.41 Å². The molecule has 1 nitrogen and oxygen atoms in total. The van der Waals surface area contributed by atoms with Crippen molar-refractivity contribution < 1.29 is 0 Å². The van der Waals surface area contributed by atoms with Gasteiger partial charge in [-0.3, -0.25) is 4.98 Å². The number of hydrogen-bond acceptors (Lipinski definition) is 1. The van der Waals surface area contributed by atoms with Crippen molar-refractivity contribution in [2.75, 3.05) is 0 Å². The molecule has 1 heterocycles. The first-order valence-electron chi connectivity index (χ1n) is 4.40. The van der Waals surface area contributed by atoms with Crippen molar-refractivity contribution >= 4 is 22.0 Å². The number of rotatable bonds is 0. The molecule has 0 saturated heterocycles. The lowest BCUT2D eigenvalue weighted by molar-refractivity contribution is 0.468. The van der Waals surface area contributed by atoms with Crippen molar-refractivity contribution in [1.82, 2.24) is 4.98 Å². The summed E-state index contributed by atoms with van der Waals surface area (Å²) in [7, 11) is 0. The van der Waals surface area contributed by atoms with Gasteiger partial charge in [0.05, 0.1) is 0 Å². The summed E-state index contributed by atoms with van der Waals surface area (Å²) >= 11 is 3.42. The van der Waals surface area contributed by atoms with Gasteiger partial charge < -0.3 is 0 Å². The fourth-order valence-electron chi connectivity index (χ4n) is 1.58. The maximum atomic E-state index is 4.42. The number of halogens is 1. The van der Waals surface area contributed by atoms with Gasteiger partial charge in [0, 0.05) is 16.4 Å². The first-order chi connectivity index (χ1) is 6.07. The summed E-state index contributed by atoms with van der Waals surface area (Å²) in [6.07, 6.45) is 7.32. The standard InChI is InChI=1S/C11H12BrN/c1-11(2)4-3-8-5-9(12)7-13-10(8)6-11/h3-5,7H,6H2,1-2H3. The molecule has 0 aromatic carbocycles. The van der Waals surface area contributed by atoms with Crippen LogP contribution in [0.25, 0.3) is 6.08 Å². The number of nitrogens with zero attached hydrogens (tertiary/aromatic N) is 1. The van der Waals surface area contributed by atoms with E-state index in [1.54, 1.807) is 0 Å². The van der Waals surface area contributed by atoms with Crippen molar-refractivity contribution in [2.45, 2.75) is 20.3 Å². The van der Waals surface area contributed by atoms with Gasteiger partial charge >= 0.3 is 0 Å². The molecule has 1 aliphatic carbocycles. The summed E-state index contributed by atoms with van der Waals surface area (Å²) in [6, 6.07) is 2.12. The van der Waals surface area contributed by atoms with Gasteiger partial charge in [0.2, 0.25) is 0 Å². The van der Waals surface area contributed by atoms with E-state index in [0.29, 0.717) is 0 Å². The lowest BCUT2D eigenvalue weighted by Gasteiger charge is -2.24. The predicted molar refractivity (Wildman–Crippen MR) is 58.5 cm³/mol. The molecule has 0 fully saturated rings. The van der Waals surface area contributed by atoms with Crippen LogP contribution in [-0.2, 0) is 6.42 Å². The van der Waals surface area contributed by atoms with Gasteiger partial charge in [0.15, 0.2) is 0 Å². The molecule has 0 N–H and O–H groups in total. The van der Waals surface area contributed by atoms with Gasteiger partial charge in [-0.1, -0.05) is 26.0 Å². The molecule has 1 aliphatic rings. The van der Waals surface area contributed by atoms with E-state index in [4.69, 9.17) is 0 Å². The van der Waals surface area contributed by atoms with Crippen LogP contribution >= 0.6 is 15.9 Å². The highest BCUT2D eigenvalue weighted by Crippen LogP contribution is 2.31. The van der Waals surface area contributed by atoms with E-state index in [2.05, 4.69) is 53.0 Å². The highest BCUT2D eigenvalue weighted by atomic mass is 79.9. The summed E-state index contributed by atoms with van der Waals surface area (Å²) in [5.41, 5.74) is 2.71. The molecule has 0 amide bonds. The molecule has 0 bridgehead atoms. The molecular formula is C11H12BrN. The molecule has 1 aromatic heterocycles. The number of fused-ring (bicyclic) bond motifs is 1. The Hall–Kier alpha value is -0.630. The number of allylic oxidation sites excluding steroid dienone is 1. The van der Waals surface area contributed by atoms with Crippen LogP contribution in [0.4, 0.5) is 0 Å². The third-order valence-electron chi connectivity index (χ3n) is 2.31. The molecule has 2 heteroatoms. The zero-order valence-corrected chi connectivity index (χ0v) is 9.43. The lowest BCUT2D eigenvalue weighted by atomic mass is 9.82. The Morgan fingerprint density at radius 3 is 3.00 bits per heavy atom. The topological polar surface area (TPSA) is 12.9 Å². The Morgan fingerprint density at radius 2 is 2.23 bits per heavy atom. The zero-order chi connectivity index (χ0) is 9.47. The Bertz CT molecular complexity index is 366. The van der Waals surface area contributed by atoms with E-state index in [9.17, 15) is 0 Å². The van der Waals surface area contributed by atoms with Gasteiger partial charge in [-0.05, 0) is 39.4 Å². The van der Waals surface area contributed by atoms with Crippen LogP contribution < -0.4 is 0 Å². The van der Waals surface area contributed by atoms with Crippen LogP contribution in [0.5, 0.6) is 0 Å². The summed E-state index contributed by atoms with van der Waals surface area (Å²) in [6.45, 7) is 4.46. The summed E-state index contributed by atoms with van der Waals surface area (Å²) < 4.78 is 1.05. The summed E-state index contributed by atoms with van der Waals surface area (Å²) in [5.74, 6) is 0. The molecular weight excluding hydrogens is 226 g/mol. The van der Waals surface area contributed by atoms with Crippen molar-refractivity contribution in [3.05, 3.63) is 34.1 Å². The van der Waals surface area contributed by atoms with Crippen LogP contribution in [0.2, 0.25) is 0 Å². The van der Waals surface area contributed by atoms with Gasteiger partial charge in [-0.2, -0.15) is 0 Å². The molecule has 0 saturated carbocycles. The quantitative estimate of drug-likeness (QED) is 0.674. The van der Waals surface area contributed by atoms with Gasteiger partial charge in [0.25, 0.3) is 0 Å². The fraction of sp³-hybridized carbons (Fsp3) is 0.364. The van der Waals surface area contributed by atoms with E-state index in [-0.39, 0.29) is 5.41 Å². The third kappa shape index (κ3) is 1.83. The first-order valence-corrected chi connectivity index (χ1v) is 5.20. The maximum absolute atomic E-state index is 4.42. The fourth-order valence-corrected chi connectivity index (χ4v) is 1.93. The zero-order valence-electron chi connectivity index (χ0n) is 7.84. The smallest absolute Gasteiger partial charge is 0.0485 e. The van der Waals surface area contributed by atoms with Gasteiger partial charge in [-0.15, -0.1) is 0 Å². The molecule has 13 heavy (non-hydrogen) atoms. The van der Waals surface area contributed by atoms with Crippen molar-refractivity contribution in [3.63, 3.8) is 0 Å². The Labute approximate surface area is 87.0 Å². The minimum Gasteiger partial charge on any atom is -0.259 e. The minimum atomic E-state index is 0.258. The Kier molecular flexibility index (Phi) is 2.03. The molecule has 0 atom stereocenters. The first kappa shape index (κ1) is 8.95. The average molecular weight is 238 g/mol. The van der Waals surface area contributed by atoms with Crippen LogP contribution in [-0.4, -0.2) is 4.98 Å². The second kappa shape index (κ2) is 2.95. The van der Waals surface area contributed by atoms with Crippen LogP contribution in [0, 0.1) is 5.41 Å². The van der Waals surface area contributed by atoms with Gasteiger partial charge in [0.1, 0.15) is 0 Å². The van der Waals surface area contributed by atoms with E-state index in [1.165, 1.54) is 11.3 Å². The van der Waals surface area contributed by atoms with Crippen molar-refractivity contribution in [1.29, 1.82) is 0 Å². The van der Waals surface area contributed by atoms with E-state index in [1.807, 2.05) is 6.20 Å². The Morgan fingerprint density at radius 1 is 1.46 bits per heavy atom. The number of hydrogen-bond donors (Lipinski definition) is 0. The molecule has 0 unspecified atom stereocenters. The van der Waals surface area contributed by atoms with E-state index < -0.39 is 0 Å². The second-order valence-electron chi connectivity index (χ2n) is 4.19. The van der Waals surface area contributed by atoms with Crippen LogP contribution in [0.15, 0.2) is 22.8 Å². The number of pyridine rings is 1. The Balaban J connectivity index is 2.47. The molecule has 2 rings (SSSR count). The minimum absolute atomic E-state index is 0.258.